The first kappa shape index (κ1) is 20.9. The summed E-state index contributed by atoms with van der Waals surface area (Å²) >= 11 is 0. The minimum absolute atomic E-state index is 0.0758. The number of nitrogens with one attached hydrogen (secondary N) is 1. The van der Waals surface area contributed by atoms with Gasteiger partial charge in [-0.3, -0.25) is 5.32 Å². The normalized spacial score (nSPS) is 12.2. The molecule has 0 saturated carbocycles. The number of aromatic nitrogens is 2. The van der Waals surface area contributed by atoms with Gasteiger partial charge in [0.05, 0.1) is 19.8 Å². The number of nitrogens with zero attached hydrogens (tertiary/aromatic N) is 2. The number of imidazole rings is 1. The lowest BCUT2D eigenvalue weighted by Gasteiger charge is -2.21. The molecule has 5 nitrogen and oxygen atoms in total. The molecule has 5 heteroatoms. The van der Waals surface area contributed by atoms with E-state index in [0.717, 1.165) is 35.9 Å². The number of benzene rings is 2. The van der Waals surface area contributed by atoms with Gasteiger partial charge in [-0.15, -0.1) is 0 Å². The van der Waals surface area contributed by atoms with Crippen molar-refractivity contribution in [1.82, 2.24) is 14.9 Å². The van der Waals surface area contributed by atoms with E-state index in [1.807, 2.05) is 54.3 Å². The van der Waals surface area contributed by atoms with Crippen LogP contribution >= 0.6 is 0 Å². The summed E-state index contributed by atoms with van der Waals surface area (Å²) in [6, 6.07) is 16.3. The fourth-order valence-electron chi connectivity index (χ4n) is 3.24. The minimum atomic E-state index is -0.0758. The molecule has 3 rings (SSSR count). The zero-order valence-electron chi connectivity index (χ0n) is 17.8. The van der Waals surface area contributed by atoms with E-state index in [4.69, 9.17) is 9.47 Å². The number of hydrogen-bond acceptors (Lipinski definition) is 4. The van der Waals surface area contributed by atoms with E-state index in [1.54, 1.807) is 7.11 Å². The molecule has 1 N–H and O–H groups in total. The summed E-state index contributed by atoms with van der Waals surface area (Å²) in [5.41, 5.74) is 2.26. The summed E-state index contributed by atoms with van der Waals surface area (Å²) in [7, 11) is 3.71. The maximum absolute atomic E-state index is 5.82. The Labute approximate surface area is 173 Å². The molecule has 1 aromatic heterocycles. The standard InChI is InChI=1S/C24H31N3O2/c1-18(2)13-16-29-20-11-9-19(10-12-20)17-26-23(24-25-14-15-27(24)3)21-7-5-6-8-22(21)28-4/h5-12,14-15,18,23,26H,13,16-17H2,1-4H3. The van der Waals surface area contributed by atoms with Crippen molar-refractivity contribution in [3.8, 4) is 11.5 Å². The largest absolute Gasteiger partial charge is 0.496 e. The number of methoxy groups -OCH3 is 1. The molecular weight excluding hydrogens is 362 g/mol. The van der Waals surface area contributed by atoms with Gasteiger partial charge in [0.15, 0.2) is 0 Å². The van der Waals surface area contributed by atoms with Crippen molar-refractivity contribution in [3.05, 3.63) is 77.9 Å². The van der Waals surface area contributed by atoms with Gasteiger partial charge in [0.1, 0.15) is 17.3 Å². The lowest BCUT2D eigenvalue weighted by atomic mass is 10.0. The van der Waals surface area contributed by atoms with Gasteiger partial charge in [-0.05, 0) is 36.1 Å². The molecule has 0 fully saturated rings. The fourth-order valence-corrected chi connectivity index (χ4v) is 3.24. The Bertz CT molecular complexity index is 887. The third-order valence-corrected chi connectivity index (χ3v) is 4.96. The van der Waals surface area contributed by atoms with Crippen LogP contribution in [-0.4, -0.2) is 23.3 Å². The molecule has 0 bridgehead atoms. The zero-order valence-corrected chi connectivity index (χ0v) is 17.8. The Balaban J connectivity index is 1.72. The fraction of sp³-hybridized carbons (Fsp3) is 0.375. The first-order valence-electron chi connectivity index (χ1n) is 10.1. The van der Waals surface area contributed by atoms with Crippen LogP contribution in [0.2, 0.25) is 0 Å². The predicted molar refractivity (Wildman–Crippen MR) is 116 cm³/mol. The Morgan fingerprint density at radius 3 is 2.48 bits per heavy atom. The van der Waals surface area contributed by atoms with Crippen LogP contribution in [0.15, 0.2) is 60.9 Å². The Kier molecular flexibility index (Phi) is 7.30. The average Bonchev–Trinajstić information content (AvgIpc) is 3.15. The molecule has 29 heavy (non-hydrogen) atoms. The van der Waals surface area contributed by atoms with Crippen LogP contribution in [0.4, 0.5) is 0 Å². The molecule has 1 heterocycles. The molecule has 0 spiro atoms. The third-order valence-electron chi connectivity index (χ3n) is 4.96. The van der Waals surface area contributed by atoms with E-state index >= 15 is 0 Å². The Morgan fingerprint density at radius 1 is 1.07 bits per heavy atom. The number of ether oxygens (including phenoxy) is 2. The summed E-state index contributed by atoms with van der Waals surface area (Å²) in [5.74, 6) is 3.36. The number of para-hydroxylation sites is 1. The molecule has 154 valence electrons. The van der Waals surface area contributed by atoms with Gasteiger partial charge in [0.25, 0.3) is 0 Å². The lowest BCUT2D eigenvalue weighted by Crippen LogP contribution is -2.25. The molecule has 0 saturated heterocycles. The van der Waals surface area contributed by atoms with Crippen LogP contribution in [0.1, 0.15) is 43.3 Å². The highest BCUT2D eigenvalue weighted by molar-refractivity contribution is 5.39. The van der Waals surface area contributed by atoms with Crippen LogP contribution in [0.25, 0.3) is 0 Å². The van der Waals surface area contributed by atoms with Gasteiger partial charge in [-0.1, -0.05) is 44.2 Å². The first-order valence-corrected chi connectivity index (χ1v) is 10.1. The van der Waals surface area contributed by atoms with E-state index in [-0.39, 0.29) is 6.04 Å². The second-order valence-electron chi connectivity index (χ2n) is 7.63. The summed E-state index contributed by atoms with van der Waals surface area (Å²) in [6.07, 6.45) is 4.85. The lowest BCUT2D eigenvalue weighted by molar-refractivity contribution is 0.289. The second-order valence-corrected chi connectivity index (χ2v) is 7.63. The molecule has 2 aromatic carbocycles. The van der Waals surface area contributed by atoms with E-state index in [1.165, 1.54) is 5.56 Å². The van der Waals surface area contributed by atoms with E-state index in [0.29, 0.717) is 12.5 Å². The van der Waals surface area contributed by atoms with Crippen molar-refractivity contribution in [2.75, 3.05) is 13.7 Å². The number of rotatable bonds is 10. The Hall–Kier alpha value is -2.79. The maximum Gasteiger partial charge on any atom is 0.130 e. The van der Waals surface area contributed by atoms with Crippen molar-refractivity contribution < 1.29 is 9.47 Å². The van der Waals surface area contributed by atoms with Crippen LogP contribution in [0.5, 0.6) is 11.5 Å². The molecule has 0 aliphatic carbocycles. The van der Waals surface area contributed by atoms with Crippen LogP contribution in [0.3, 0.4) is 0 Å². The molecule has 1 atom stereocenters. The van der Waals surface area contributed by atoms with Crippen LogP contribution in [0, 0.1) is 5.92 Å². The molecular formula is C24H31N3O2. The molecule has 0 radical (unpaired) electrons. The SMILES string of the molecule is COc1ccccc1C(NCc1ccc(OCCC(C)C)cc1)c1nccn1C. The second kappa shape index (κ2) is 10.1. The highest BCUT2D eigenvalue weighted by atomic mass is 16.5. The zero-order chi connectivity index (χ0) is 20.6. The van der Waals surface area contributed by atoms with E-state index < -0.39 is 0 Å². The first-order chi connectivity index (χ1) is 14.1. The maximum atomic E-state index is 5.82. The van der Waals surface area contributed by atoms with Crippen molar-refractivity contribution >= 4 is 0 Å². The summed E-state index contributed by atoms with van der Waals surface area (Å²) in [5, 5.41) is 3.64. The topological polar surface area (TPSA) is 48.3 Å². The van der Waals surface area contributed by atoms with E-state index in [9.17, 15) is 0 Å². The van der Waals surface area contributed by atoms with Gasteiger partial charge in [-0.2, -0.15) is 0 Å². The van der Waals surface area contributed by atoms with Crippen molar-refractivity contribution in [1.29, 1.82) is 0 Å². The molecule has 1 unspecified atom stereocenters. The summed E-state index contributed by atoms with van der Waals surface area (Å²) in [6.45, 7) is 5.88. The summed E-state index contributed by atoms with van der Waals surface area (Å²) in [4.78, 5) is 4.57. The summed E-state index contributed by atoms with van der Waals surface area (Å²) < 4.78 is 13.5. The molecule has 3 aromatic rings. The monoisotopic (exact) mass is 393 g/mol. The number of aryl methyl sites for hydroxylation is 1. The number of hydrogen-bond donors (Lipinski definition) is 1. The highest BCUT2D eigenvalue weighted by Crippen LogP contribution is 2.29. The molecule has 0 aliphatic heterocycles. The Morgan fingerprint density at radius 2 is 1.83 bits per heavy atom. The van der Waals surface area contributed by atoms with E-state index in [2.05, 4.69) is 42.3 Å². The predicted octanol–water partition coefficient (Wildman–Crippen LogP) is 4.73. The van der Waals surface area contributed by atoms with Gasteiger partial charge >= 0.3 is 0 Å². The van der Waals surface area contributed by atoms with Crippen molar-refractivity contribution in [2.24, 2.45) is 13.0 Å². The highest BCUT2D eigenvalue weighted by Gasteiger charge is 2.21. The van der Waals surface area contributed by atoms with Gasteiger partial charge in [0, 0.05) is 31.5 Å². The van der Waals surface area contributed by atoms with Crippen molar-refractivity contribution in [2.45, 2.75) is 32.9 Å². The average molecular weight is 394 g/mol. The third kappa shape index (κ3) is 5.61. The van der Waals surface area contributed by atoms with Crippen LogP contribution in [-0.2, 0) is 13.6 Å². The van der Waals surface area contributed by atoms with Gasteiger partial charge < -0.3 is 14.0 Å². The van der Waals surface area contributed by atoms with Gasteiger partial charge in [-0.25, -0.2) is 4.98 Å². The van der Waals surface area contributed by atoms with Crippen molar-refractivity contribution in [3.63, 3.8) is 0 Å². The quantitative estimate of drug-likeness (QED) is 0.541. The van der Waals surface area contributed by atoms with Gasteiger partial charge in [0.2, 0.25) is 0 Å². The smallest absolute Gasteiger partial charge is 0.130 e. The van der Waals surface area contributed by atoms with Crippen LogP contribution < -0.4 is 14.8 Å². The molecule has 0 amide bonds. The molecule has 0 aliphatic rings. The minimum Gasteiger partial charge on any atom is -0.496 e.